The van der Waals surface area contributed by atoms with Gasteiger partial charge in [0, 0.05) is 18.3 Å². The monoisotopic (exact) mass is 213 g/mol. The second kappa shape index (κ2) is 4.15. The normalized spacial score (nSPS) is 11.5. The third-order valence-electron chi connectivity index (χ3n) is 1.83. The zero-order chi connectivity index (χ0) is 10.8. The van der Waals surface area contributed by atoms with Crippen LogP contribution in [0.2, 0.25) is 5.15 Å². The average Bonchev–Trinajstić information content (AvgIpc) is 2.01. The van der Waals surface area contributed by atoms with Gasteiger partial charge < -0.3 is 11.1 Å². The number of aromatic nitrogens is 1. The first kappa shape index (κ1) is 11.3. The van der Waals surface area contributed by atoms with E-state index in [0.717, 1.165) is 11.3 Å². The first-order valence-corrected chi connectivity index (χ1v) is 4.92. The highest BCUT2D eigenvalue weighted by atomic mass is 35.5. The van der Waals surface area contributed by atoms with Crippen molar-refractivity contribution in [1.29, 1.82) is 0 Å². The molecular weight excluding hydrogens is 198 g/mol. The highest BCUT2D eigenvalue weighted by Gasteiger charge is 2.12. The Balaban J connectivity index is 2.77. The zero-order valence-electron chi connectivity index (χ0n) is 8.76. The first-order chi connectivity index (χ1) is 6.40. The molecule has 0 spiro atoms. The number of hydrogen-bond acceptors (Lipinski definition) is 3. The molecule has 0 fully saturated rings. The molecule has 1 aromatic heterocycles. The van der Waals surface area contributed by atoms with Gasteiger partial charge in [0.25, 0.3) is 0 Å². The number of hydrogen-bond donors (Lipinski definition) is 2. The van der Waals surface area contributed by atoms with Crippen LogP contribution in [0, 0.1) is 6.92 Å². The minimum absolute atomic E-state index is 0.258. The predicted molar refractivity (Wildman–Crippen MR) is 60.7 cm³/mol. The number of rotatable bonds is 3. The van der Waals surface area contributed by atoms with E-state index in [2.05, 4.69) is 10.3 Å². The van der Waals surface area contributed by atoms with Crippen LogP contribution >= 0.6 is 11.6 Å². The molecule has 3 nitrogen and oxygen atoms in total. The van der Waals surface area contributed by atoms with E-state index in [1.165, 1.54) is 0 Å². The molecule has 0 aliphatic heterocycles. The molecule has 0 amide bonds. The zero-order valence-corrected chi connectivity index (χ0v) is 9.52. The summed E-state index contributed by atoms with van der Waals surface area (Å²) in [4.78, 5) is 4.00. The van der Waals surface area contributed by atoms with Crippen LogP contribution in [0.15, 0.2) is 12.3 Å². The van der Waals surface area contributed by atoms with Crippen LogP contribution < -0.4 is 11.1 Å². The average molecular weight is 214 g/mol. The van der Waals surface area contributed by atoms with Crippen LogP contribution in [-0.2, 0) is 0 Å². The molecule has 0 aromatic carbocycles. The molecule has 1 rings (SSSR count). The Morgan fingerprint density at radius 1 is 1.57 bits per heavy atom. The lowest BCUT2D eigenvalue weighted by molar-refractivity contribution is 0.549. The molecule has 0 bridgehead atoms. The van der Waals surface area contributed by atoms with E-state index >= 15 is 0 Å². The highest BCUT2D eigenvalue weighted by molar-refractivity contribution is 6.32. The molecule has 0 saturated heterocycles. The molecule has 14 heavy (non-hydrogen) atoms. The molecule has 0 aliphatic carbocycles. The largest absolute Gasteiger partial charge is 0.381 e. The maximum Gasteiger partial charge on any atom is 0.152 e. The van der Waals surface area contributed by atoms with Crippen molar-refractivity contribution in [2.45, 2.75) is 26.3 Å². The number of nitrogens with zero attached hydrogens (tertiary/aromatic N) is 1. The highest BCUT2D eigenvalue weighted by Crippen LogP contribution is 2.22. The third-order valence-corrected chi connectivity index (χ3v) is 2.12. The quantitative estimate of drug-likeness (QED) is 0.757. The van der Waals surface area contributed by atoms with Crippen molar-refractivity contribution in [2.24, 2.45) is 5.73 Å². The van der Waals surface area contributed by atoms with Crippen LogP contribution in [0.3, 0.4) is 0 Å². The van der Waals surface area contributed by atoms with Crippen molar-refractivity contribution < 1.29 is 0 Å². The lowest BCUT2D eigenvalue weighted by atomic mass is 10.1. The van der Waals surface area contributed by atoms with E-state index in [1.54, 1.807) is 6.20 Å². The van der Waals surface area contributed by atoms with Gasteiger partial charge in [-0.2, -0.15) is 0 Å². The molecule has 4 heteroatoms. The van der Waals surface area contributed by atoms with Gasteiger partial charge in [0.2, 0.25) is 0 Å². The predicted octanol–water partition coefficient (Wildman–Crippen LogP) is 2.19. The number of anilines is 1. The van der Waals surface area contributed by atoms with Crippen LogP contribution in [0.5, 0.6) is 0 Å². The number of nitrogens with one attached hydrogen (secondary N) is 1. The molecule has 3 N–H and O–H groups in total. The Bertz CT molecular complexity index is 297. The Morgan fingerprint density at radius 3 is 2.71 bits per heavy atom. The summed E-state index contributed by atoms with van der Waals surface area (Å²) in [6.07, 6.45) is 1.69. The fourth-order valence-electron chi connectivity index (χ4n) is 1.05. The molecule has 1 heterocycles. The number of aryl methyl sites for hydroxylation is 1. The van der Waals surface area contributed by atoms with Gasteiger partial charge in [-0.1, -0.05) is 11.6 Å². The number of nitrogens with two attached hydrogens (primary N) is 1. The second-order valence-corrected chi connectivity index (χ2v) is 4.49. The van der Waals surface area contributed by atoms with E-state index in [4.69, 9.17) is 17.3 Å². The molecule has 1 aromatic rings. The van der Waals surface area contributed by atoms with E-state index in [1.807, 2.05) is 26.8 Å². The Hall–Kier alpha value is -0.800. The Labute approximate surface area is 89.7 Å². The van der Waals surface area contributed by atoms with E-state index in [0.29, 0.717) is 11.7 Å². The van der Waals surface area contributed by atoms with E-state index < -0.39 is 0 Å². The maximum atomic E-state index is 5.94. The SMILES string of the molecule is Cc1ccnc(Cl)c1NCC(C)(C)N. The fraction of sp³-hybridized carbons (Fsp3) is 0.500. The standard InChI is InChI=1S/C10H16ClN3/c1-7-4-5-13-9(11)8(7)14-6-10(2,3)12/h4-5,14H,6,12H2,1-3H3. The van der Waals surface area contributed by atoms with Gasteiger partial charge in [0.1, 0.15) is 0 Å². The van der Waals surface area contributed by atoms with Crippen LogP contribution in [0.4, 0.5) is 5.69 Å². The summed E-state index contributed by atoms with van der Waals surface area (Å²) in [7, 11) is 0. The summed E-state index contributed by atoms with van der Waals surface area (Å²) in [5.41, 5.74) is 7.55. The van der Waals surface area contributed by atoms with Crippen molar-refractivity contribution in [3.8, 4) is 0 Å². The first-order valence-electron chi connectivity index (χ1n) is 4.54. The maximum absolute atomic E-state index is 5.94. The summed E-state index contributed by atoms with van der Waals surface area (Å²) < 4.78 is 0. The smallest absolute Gasteiger partial charge is 0.152 e. The molecule has 0 unspecified atom stereocenters. The summed E-state index contributed by atoms with van der Waals surface area (Å²) in [5.74, 6) is 0. The van der Waals surface area contributed by atoms with Gasteiger partial charge in [0.05, 0.1) is 5.69 Å². The van der Waals surface area contributed by atoms with Gasteiger partial charge >= 0.3 is 0 Å². The van der Waals surface area contributed by atoms with E-state index in [9.17, 15) is 0 Å². The lowest BCUT2D eigenvalue weighted by Crippen LogP contribution is -2.39. The van der Waals surface area contributed by atoms with Gasteiger partial charge in [-0.25, -0.2) is 4.98 Å². The second-order valence-electron chi connectivity index (χ2n) is 4.14. The molecule has 0 aliphatic rings. The topological polar surface area (TPSA) is 50.9 Å². The van der Waals surface area contributed by atoms with Gasteiger partial charge in [-0.15, -0.1) is 0 Å². The van der Waals surface area contributed by atoms with Crippen molar-refractivity contribution in [3.63, 3.8) is 0 Å². The van der Waals surface area contributed by atoms with E-state index in [-0.39, 0.29) is 5.54 Å². The Morgan fingerprint density at radius 2 is 2.21 bits per heavy atom. The van der Waals surface area contributed by atoms with Crippen molar-refractivity contribution in [2.75, 3.05) is 11.9 Å². The van der Waals surface area contributed by atoms with Crippen molar-refractivity contribution in [3.05, 3.63) is 23.0 Å². The number of halogens is 1. The Kier molecular flexibility index (Phi) is 3.34. The third kappa shape index (κ3) is 3.16. The molecule has 0 saturated carbocycles. The fourth-order valence-corrected chi connectivity index (χ4v) is 1.33. The molecule has 78 valence electrons. The summed E-state index contributed by atoms with van der Waals surface area (Å²) in [6, 6.07) is 1.91. The van der Waals surface area contributed by atoms with Gasteiger partial charge in [-0.05, 0) is 32.4 Å². The number of pyridine rings is 1. The van der Waals surface area contributed by atoms with Crippen molar-refractivity contribution in [1.82, 2.24) is 4.98 Å². The van der Waals surface area contributed by atoms with Crippen LogP contribution in [0.1, 0.15) is 19.4 Å². The summed E-state index contributed by atoms with van der Waals surface area (Å²) in [5, 5.41) is 3.70. The van der Waals surface area contributed by atoms with Gasteiger partial charge in [0.15, 0.2) is 5.15 Å². The summed E-state index contributed by atoms with van der Waals surface area (Å²) in [6.45, 7) is 6.57. The van der Waals surface area contributed by atoms with Crippen LogP contribution in [-0.4, -0.2) is 17.1 Å². The molecule has 0 atom stereocenters. The molecular formula is C10H16ClN3. The molecule has 0 radical (unpaired) electrons. The lowest BCUT2D eigenvalue weighted by Gasteiger charge is -2.20. The minimum atomic E-state index is -0.258. The van der Waals surface area contributed by atoms with Crippen LogP contribution in [0.25, 0.3) is 0 Å². The van der Waals surface area contributed by atoms with Crippen molar-refractivity contribution >= 4 is 17.3 Å². The minimum Gasteiger partial charge on any atom is -0.381 e. The van der Waals surface area contributed by atoms with Gasteiger partial charge in [-0.3, -0.25) is 0 Å². The summed E-state index contributed by atoms with van der Waals surface area (Å²) >= 11 is 5.94.